The van der Waals surface area contributed by atoms with Crippen molar-refractivity contribution in [1.82, 2.24) is 0 Å². The molecule has 2 aromatic carbocycles. The number of phenolic OH excluding ortho intramolecular Hbond substituents is 1. The summed E-state index contributed by atoms with van der Waals surface area (Å²) in [4.78, 5) is 2.50. The predicted octanol–water partition coefficient (Wildman–Crippen LogP) is 5.87. The minimum absolute atomic E-state index is 0.0899. The third kappa shape index (κ3) is 3.92. The molecule has 4 heteroatoms. The minimum Gasteiger partial charge on any atom is -0.508 e. The number of phenols is 1. The molecule has 0 aromatic heterocycles. The van der Waals surface area contributed by atoms with Crippen LogP contribution in [0, 0.1) is 11.3 Å². The van der Waals surface area contributed by atoms with Crippen molar-refractivity contribution >= 4 is 5.69 Å². The van der Waals surface area contributed by atoms with Crippen LogP contribution in [0.2, 0.25) is 0 Å². The first-order chi connectivity index (χ1) is 15.6. The molecule has 1 atom stereocenters. The van der Waals surface area contributed by atoms with Gasteiger partial charge in [-0.1, -0.05) is 31.0 Å². The Bertz CT molecular complexity index is 907. The highest BCUT2D eigenvalue weighted by Gasteiger charge is 2.45. The van der Waals surface area contributed by atoms with Gasteiger partial charge >= 0.3 is 0 Å². The van der Waals surface area contributed by atoms with Crippen molar-refractivity contribution in [2.75, 3.05) is 32.2 Å². The van der Waals surface area contributed by atoms with E-state index in [0.717, 1.165) is 32.4 Å². The Morgan fingerprint density at radius 2 is 1.62 bits per heavy atom. The Balaban J connectivity index is 1.37. The molecule has 1 aliphatic heterocycles. The van der Waals surface area contributed by atoms with Crippen molar-refractivity contribution in [2.45, 2.75) is 63.6 Å². The topological polar surface area (TPSA) is 41.9 Å². The van der Waals surface area contributed by atoms with E-state index in [4.69, 9.17) is 9.47 Å². The summed E-state index contributed by atoms with van der Waals surface area (Å²) in [5, 5.41) is 10.0. The zero-order chi connectivity index (χ0) is 22.1. The molecule has 0 amide bonds. The van der Waals surface area contributed by atoms with Gasteiger partial charge in [-0.2, -0.15) is 0 Å². The predicted molar refractivity (Wildman–Crippen MR) is 128 cm³/mol. The number of aryl methyl sites for hydroxylation is 1. The molecular formula is C28H37NO3. The lowest BCUT2D eigenvalue weighted by Gasteiger charge is -2.43. The van der Waals surface area contributed by atoms with E-state index >= 15 is 0 Å². The van der Waals surface area contributed by atoms with Gasteiger partial charge in [-0.3, -0.25) is 0 Å². The van der Waals surface area contributed by atoms with Crippen LogP contribution in [0.5, 0.6) is 5.75 Å². The van der Waals surface area contributed by atoms with E-state index in [1.807, 2.05) is 12.1 Å². The average molecular weight is 436 g/mol. The number of nitrogens with zero attached hydrogens (tertiary/aromatic N) is 1. The number of anilines is 1. The van der Waals surface area contributed by atoms with Gasteiger partial charge in [0.15, 0.2) is 6.29 Å². The van der Waals surface area contributed by atoms with E-state index in [2.05, 4.69) is 35.2 Å². The summed E-state index contributed by atoms with van der Waals surface area (Å²) < 4.78 is 11.0. The molecule has 1 saturated heterocycles. The van der Waals surface area contributed by atoms with E-state index in [-0.39, 0.29) is 6.29 Å². The Kier molecular flexibility index (Phi) is 6.18. The Morgan fingerprint density at radius 3 is 2.28 bits per heavy atom. The van der Waals surface area contributed by atoms with E-state index in [1.165, 1.54) is 54.5 Å². The standard InChI is InChI=1S/C28H37NO3/c1-31-27(32-2)21-12-17-29(18-13-21)23-7-5-20(6-8-23)26-25-10-9-24(30)19-22(25)11-16-28(26)14-3-4-15-28/h5-10,19,21,26-27,30H,3-4,11-18H2,1-2H3/t26-/m0/s1. The van der Waals surface area contributed by atoms with Gasteiger partial charge in [0.1, 0.15) is 5.75 Å². The third-order valence-electron chi connectivity index (χ3n) is 8.52. The molecule has 3 aliphatic rings. The molecule has 0 radical (unpaired) electrons. The quantitative estimate of drug-likeness (QED) is 0.597. The molecule has 2 aromatic rings. The van der Waals surface area contributed by atoms with Crippen LogP contribution >= 0.6 is 0 Å². The first-order valence-electron chi connectivity index (χ1n) is 12.4. The van der Waals surface area contributed by atoms with E-state index in [0.29, 0.717) is 23.0 Å². The van der Waals surface area contributed by atoms with Crippen molar-refractivity contribution in [3.05, 3.63) is 59.2 Å². The van der Waals surface area contributed by atoms with E-state index in [1.54, 1.807) is 14.2 Å². The molecule has 5 rings (SSSR count). The highest BCUT2D eigenvalue weighted by atomic mass is 16.7. The van der Waals surface area contributed by atoms with Gasteiger partial charge in [0, 0.05) is 44.8 Å². The molecule has 2 fully saturated rings. The SMILES string of the molecule is COC(OC)C1CCN(c2ccc([C@H]3c4ccc(O)cc4CCC34CCCC4)cc2)CC1. The number of ether oxygens (including phenoxy) is 2. The average Bonchev–Trinajstić information content (AvgIpc) is 3.29. The second-order valence-corrected chi connectivity index (χ2v) is 10.1. The van der Waals surface area contributed by atoms with Crippen LogP contribution in [0.1, 0.15) is 67.6 Å². The zero-order valence-electron chi connectivity index (χ0n) is 19.6. The largest absolute Gasteiger partial charge is 0.508 e. The molecule has 4 nitrogen and oxygen atoms in total. The molecule has 1 N–H and O–H groups in total. The fraction of sp³-hybridized carbons (Fsp3) is 0.571. The van der Waals surface area contributed by atoms with Crippen LogP contribution < -0.4 is 4.90 Å². The first-order valence-corrected chi connectivity index (χ1v) is 12.4. The second-order valence-electron chi connectivity index (χ2n) is 10.1. The summed E-state index contributed by atoms with van der Waals surface area (Å²) in [5.41, 5.74) is 5.93. The second kappa shape index (κ2) is 9.07. The van der Waals surface area contributed by atoms with Crippen LogP contribution in [0.4, 0.5) is 5.69 Å². The normalized spacial score (nSPS) is 23.1. The van der Waals surface area contributed by atoms with Gasteiger partial charge in [-0.15, -0.1) is 0 Å². The Hall–Kier alpha value is -2.04. The van der Waals surface area contributed by atoms with Gasteiger partial charge in [0.2, 0.25) is 0 Å². The fourth-order valence-corrected chi connectivity index (χ4v) is 6.89. The first kappa shape index (κ1) is 21.8. The molecule has 32 heavy (non-hydrogen) atoms. The number of benzene rings is 2. The van der Waals surface area contributed by atoms with Gasteiger partial charge in [-0.05, 0) is 84.9 Å². The van der Waals surface area contributed by atoms with Gasteiger partial charge < -0.3 is 19.5 Å². The van der Waals surface area contributed by atoms with E-state index < -0.39 is 0 Å². The maximum atomic E-state index is 10.0. The molecule has 2 aliphatic carbocycles. The lowest BCUT2D eigenvalue weighted by atomic mass is 9.60. The van der Waals surface area contributed by atoms with Crippen molar-refractivity contribution in [3.63, 3.8) is 0 Å². The van der Waals surface area contributed by atoms with Gasteiger partial charge in [0.25, 0.3) is 0 Å². The number of methoxy groups -OCH3 is 2. The lowest BCUT2D eigenvalue weighted by molar-refractivity contribution is -0.141. The van der Waals surface area contributed by atoms with Crippen LogP contribution in [0.25, 0.3) is 0 Å². The molecule has 0 bridgehead atoms. The van der Waals surface area contributed by atoms with Crippen LogP contribution in [0.15, 0.2) is 42.5 Å². The number of hydrogen-bond donors (Lipinski definition) is 1. The smallest absolute Gasteiger partial charge is 0.159 e. The maximum absolute atomic E-state index is 10.0. The van der Waals surface area contributed by atoms with Crippen molar-refractivity contribution in [1.29, 1.82) is 0 Å². The summed E-state index contributed by atoms with van der Waals surface area (Å²) in [6.07, 6.45) is 9.78. The summed E-state index contributed by atoms with van der Waals surface area (Å²) in [5.74, 6) is 1.31. The summed E-state index contributed by atoms with van der Waals surface area (Å²) in [6.45, 7) is 2.09. The number of fused-ring (bicyclic) bond motifs is 1. The molecule has 172 valence electrons. The van der Waals surface area contributed by atoms with Gasteiger partial charge in [-0.25, -0.2) is 0 Å². The fourth-order valence-electron chi connectivity index (χ4n) is 6.89. The zero-order valence-corrected chi connectivity index (χ0v) is 19.6. The highest BCUT2D eigenvalue weighted by molar-refractivity contribution is 5.52. The van der Waals surface area contributed by atoms with Crippen LogP contribution in [-0.4, -0.2) is 38.7 Å². The Morgan fingerprint density at radius 1 is 0.938 bits per heavy atom. The Labute approximate surface area is 192 Å². The number of hydrogen-bond acceptors (Lipinski definition) is 4. The number of rotatable bonds is 5. The van der Waals surface area contributed by atoms with Gasteiger partial charge in [0.05, 0.1) is 0 Å². The minimum atomic E-state index is -0.0899. The summed E-state index contributed by atoms with van der Waals surface area (Å²) in [6, 6.07) is 15.5. The molecule has 1 heterocycles. The highest BCUT2D eigenvalue weighted by Crippen LogP contribution is 2.58. The van der Waals surface area contributed by atoms with Crippen molar-refractivity contribution < 1.29 is 14.6 Å². The number of piperidine rings is 1. The molecule has 0 unspecified atom stereocenters. The summed E-state index contributed by atoms with van der Waals surface area (Å²) >= 11 is 0. The third-order valence-corrected chi connectivity index (χ3v) is 8.52. The summed E-state index contributed by atoms with van der Waals surface area (Å²) in [7, 11) is 3.47. The molecule has 1 spiro atoms. The van der Waals surface area contributed by atoms with Crippen LogP contribution in [0.3, 0.4) is 0 Å². The van der Waals surface area contributed by atoms with Crippen LogP contribution in [-0.2, 0) is 15.9 Å². The van der Waals surface area contributed by atoms with Crippen molar-refractivity contribution in [2.24, 2.45) is 11.3 Å². The lowest BCUT2D eigenvalue weighted by Crippen LogP contribution is -2.39. The maximum Gasteiger partial charge on any atom is 0.159 e. The number of aromatic hydroxyl groups is 1. The van der Waals surface area contributed by atoms with E-state index in [9.17, 15) is 5.11 Å². The van der Waals surface area contributed by atoms with Crippen molar-refractivity contribution in [3.8, 4) is 5.75 Å². The molecular weight excluding hydrogens is 398 g/mol. The monoisotopic (exact) mass is 435 g/mol. The molecule has 1 saturated carbocycles.